The van der Waals surface area contributed by atoms with Gasteiger partial charge in [0.25, 0.3) is 0 Å². The summed E-state index contributed by atoms with van der Waals surface area (Å²) in [6.45, 7) is 0. The van der Waals surface area contributed by atoms with E-state index in [1.54, 1.807) is 5.56 Å². The SMILES string of the molecule is [O-][Cl+3]([O-])([O-])[O-].c1ccc(-[n+]2cc3c(c4ccccc42)CCC3)cc1. The number of hydrogen-bond donors (Lipinski definition) is 0. The van der Waals surface area contributed by atoms with Crippen LogP contribution in [-0.2, 0) is 12.8 Å². The summed E-state index contributed by atoms with van der Waals surface area (Å²) in [5, 5.41) is 1.42. The van der Waals surface area contributed by atoms with Crippen molar-refractivity contribution in [3.05, 3.63) is 71.9 Å². The Kier molecular flexibility index (Phi) is 4.80. The second-order valence-corrected chi connectivity index (χ2v) is 6.34. The average Bonchev–Trinajstić information content (AvgIpc) is 3.02. The summed E-state index contributed by atoms with van der Waals surface area (Å²) >= 11 is 0. The van der Waals surface area contributed by atoms with Crippen LogP contribution in [0, 0.1) is 10.2 Å². The van der Waals surface area contributed by atoms with Crippen molar-refractivity contribution >= 4 is 10.9 Å². The molecule has 0 aliphatic heterocycles. The van der Waals surface area contributed by atoms with Gasteiger partial charge in [-0.3, -0.25) is 0 Å². The smallest absolute Gasteiger partial charge is 0.218 e. The van der Waals surface area contributed by atoms with Crippen molar-refractivity contribution in [3.63, 3.8) is 0 Å². The molecular formula is C18H16ClNO4. The molecule has 3 aromatic rings. The van der Waals surface area contributed by atoms with E-state index in [1.165, 1.54) is 41.4 Å². The molecule has 24 heavy (non-hydrogen) atoms. The third kappa shape index (κ3) is 3.90. The summed E-state index contributed by atoms with van der Waals surface area (Å²) in [6.07, 6.45) is 6.07. The number of para-hydroxylation sites is 2. The molecule has 0 N–H and O–H groups in total. The Hall–Kier alpha value is -2.02. The number of pyridine rings is 1. The Morgan fingerprint density at radius 2 is 1.42 bits per heavy atom. The fraction of sp³-hybridized carbons (Fsp3) is 0.167. The quantitative estimate of drug-likeness (QED) is 0.520. The van der Waals surface area contributed by atoms with Crippen LogP contribution < -0.4 is 23.2 Å². The molecule has 0 bridgehead atoms. The van der Waals surface area contributed by atoms with E-state index in [2.05, 4.69) is 65.4 Å². The van der Waals surface area contributed by atoms with Gasteiger partial charge in [-0.15, -0.1) is 10.2 Å². The summed E-state index contributed by atoms with van der Waals surface area (Å²) < 4.78 is 36.3. The molecule has 0 amide bonds. The fourth-order valence-corrected chi connectivity index (χ4v) is 3.18. The highest BCUT2D eigenvalue weighted by Gasteiger charge is 2.22. The lowest BCUT2D eigenvalue weighted by Crippen LogP contribution is -2.68. The summed E-state index contributed by atoms with van der Waals surface area (Å²) in [4.78, 5) is 0. The van der Waals surface area contributed by atoms with Crippen LogP contribution in [0.25, 0.3) is 16.6 Å². The minimum Gasteiger partial charge on any atom is -0.222 e. The monoisotopic (exact) mass is 345 g/mol. The highest BCUT2D eigenvalue weighted by Crippen LogP contribution is 2.28. The second kappa shape index (κ2) is 6.84. The first-order valence-electron chi connectivity index (χ1n) is 7.56. The van der Waals surface area contributed by atoms with E-state index in [1.807, 2.05) is 0 Å². The van der Waals surface area contributed by atoms with E-state index in [4.69, 9.17) is 18.6 Å². The highest BCUT2D eigenvalue weighted by molar-refractivity contribution is 5.81. The van der Waals surface area contributed by atoms with E-state index < -0.39 is 10.2 Å². The Balaban J connectivity index is 0.000000300. The zero-order valence-corrected chi connectivity index (χ0v) is 13.6. The van der Waals surface area contributed by atoms with Gasteiger partial charge in [-0.2, -0.15) is 4.57 Å². The first-order valence-corrected chi connectivity index (χ1v) is 8.79. The van der Waals surface area contributed by atoms with Crippen LogP contribution in [0.4, 0.5) is 0 Å². The molecule has 4 rings (SSSR count). The van der Waals surface area contributed by atoms with Crippen LogP contribution in [0.15, 0.2) is 60.8 Å². The number of halogens is 1. The molecule has 6 heteroatoms. The third-order valence-electron chi connectivity index (χ3n) is 4.07. The maximum absolute atomic E-state index is 8.49. The van der Waals surface area contributed by atoms with Gasteiger partial charge < -0.3 is 0 Å². The van der Waals surface area contributed by atoms with Gasteiger partial charge in [0.2, 0.25) is 11.2 Å². The molecule has 124 valence electrons. The van der Waals surface area contributed by atoms with Crippen molar-refractivity contribution in [1.82, 2.24) is 0 Å². The topological polar surface area (TPSA) is 96.1 Å². The van der Waals surface area contributed by atoms with Crippen LogP contribution >= 0.6 is 0 Å². The number of hydrogen-bond acceptors (Lipinski definition) is 4. The highest BCUT2D eigenvalue weighted by atomic mass is 35.7. The van der Waals surface area contributed by atoms with Gasteiger partial charge in [-0.05, 0) is 30.9 Å². The van der Waals surface area contributed by atoms with Gasteiger partial charge in [-0.1, -0.05) is 30.3 Å². The van der Waals surface area contributed by atoms with Crippen molar-refractivity contribution in [1.29, 1.82) is 0 Å². The van der Waals surface area contributed by atoms with Crippen molar-refractivity contribution in [2.75, 3.05) is 0 Å². The Morgan fingerprint density at radius 3 is 2.12 bits per heavy atom. The van der Waals surface area contributed by atoms with Crippen molar-refractivity contribution in [3.8, 4) is 5.69 Å². The maximum atomic E-state index is 8.49. The molecule has 1 aliphatic rings. The van der Waals surface area contributed by atoms with E-state index in [-0.39, 0.29) is 0 Å². The molecule has 1 aliphatic carbocycles. The summed E-state index contributed by atoms with van der Waals surface area (Å²) in [7, 11) is -4.94. The molecule has 0 radical (unpaired) electrons. The lowest BCUT2D eigenvalue weighted by Gasteiger charge is -2.17. The van der Waals surface area contributed by atoms with Crippen LogP contribution in [0.5, 0.6) is 0 Å². The maximum Gasteiger partial charge on any atom is 0.218 e. The predicted octanol–water partition coefficient (Wildman–Crippen LogP) is -1.15. The molecular weight excluding hydrogens is 330 g/mol. The van der Waals surface area contributed by atoms with E-state index in [9.17, 15) is 0 Å². The Bertz CT molecular complexity index is 841. The van der Waals surface area contributed by atoms with Gasteiger partial charge >= 0.3 is 0 Å². The normalized spacial score (nSPS) is 13.3. The molecule has 0 unspecified atom stereocenters. The van der Waals surface area contributed by atoms with E-state index in [0.717, 1.165) is 0 Å². The van der Waals surface area contributed by atoms with Gasteiger partial charge in [0.1, 0.15) is 0 Å². The van der Waals surface area contributed by atoms with Gasteiger partial charge in [0.05, 0.1) is 5.39 Å². The molecule has 5 nitrogen and oxygen atoms in total. The predicted molar refractivity (Wildman–Crippen MR) is 77.5 cm³/mol. The minimum absolute atomic E-state index is 1.22. The molecule has 0 saturated carbocycles. The van der Waals surface area contributed by atoms with Crippen LogP contribution in [0.1, 0.15) is 17.5 Å². The van der Waals surface area contributed by atoms with E-state index in [0.29, 0.717) is 0 Å². The lowest BCUT2D eigenvalue weighted by molar-refractivity contribution is -2.00. The van der Waals surface area contributed by atoms with E-state index >= 15 is 0 Å². The fourth-order valence-electron chi connectivity index (χ4n) is 3.18. The molecule has 0 spiro atoms. The van der Waals surface area contributed by atoms with Crippen molar-refractivity contribution in [2.24, 2.45) is 0 Å². The first-order chi connectivity index (χ1) is 11.4. The second-order valence-electron chi connectivity index (χ2n) is 5.59. The summed E-state index contributed by atoms with van der Waals surface area (Å²) in [5.41, 5.74) is 5.63. The summed E-state index contributed by atoms with van der Waals surface area (Å²) in [5.74, 6) is 0. The number of rotatable bonds is 1. The molecule has 0 fully saturated rings. The first kappa shape index (κ1) is 16.8. The Morgan fingerprint density at radius 1 is 0.792 bits per heavy atom. The molecule has 1 heterocycles. The van der Waals surface area contributed by atoms with Crippen molar-refractivity contribution in [2.45, 2.75) is 19.3 Å². The van der Waals surface area contributed by atoms with Crippen LogP contribution in [-0.4, -0.2) is 0 Å². The molecule has 0 atom stereocenters. The van der Waals surface area contributed by atoms with Crippen LogP contribution in [0.2, 0.25) is 0 Å². The zero-order valence-electron chi connectivity index (χ0n) is 12.9. The zero-order chi connectivity index (χ0) is 17.2. The molecule has 1 aromatic heterocycles. The minimum atomic E-state index is -4.94. The standard InChI is InChI=1S/C18H16N.ClHO4/c1-2-8-15(9-3-1)19-13-14-7-6-11-16(14)17-10-4-5-12-18(17)19;2-1(3,4)5/h1-5,8-10,12-13H,6-7,11H2;(H,2,3,4,5)/q+1;/p-1. The van der Waals surface area contributed by atoms with Crippen LogP contribution in [0.3, 0.4) is 0 Å². The Labute approximate surface area is 141 Å². The summed E-state index contributed by atoms with van der Waals surface area (Å²) in [6, 6.07) is 19.4. The van der Waals surface area contributed by atoms with Crippen molar-refractivity contribution < 1.29 is 33.4 Å². The van der Waals surface area contributed by atoms with Gasteiger partial charge in [0, 0.05) is 23.8 Å². The number of aryl methyl sites for hydroxylation is 2. The number of aromatic nitrogens is 1. The number of benzene rings is 2. The molecule has 0 saturated heterocycles. The largest absolute Gasteiger partial charge is 0.222 e. The molecule has 2 aromatic carbocycles. The number of nitrogens with zero attached hydrogens (tertiary/aromatic N) is 1. The van der Waals surface area contributed by atoms with Gasteiger partial charge in [0.15, 0.2) is 6.20 Å². The number of fused-ring (bicyclic) bond motifs is 3. The third-order valence-corrected chi connectivity index (χ3v) is 4.07. The van der Waals surface area contributed by atoms with Gasteiger partial charge in [-0.25, -0.2) is 18.6 Å². The average molecular weight is 346 g/mol. The lowest BCUT2D eigenvalue weighted by atomic mass is 10.1.